The summed E-state index contributed by atoms with van der Waals surface area (Å²) >= 11 is 6.25. The van der Waals surface area contributed by atoms with Crippen molar-refractivity contribution in [3.63, 3.8) is 0 Å². The molecule has 0 bridgehead atoms. The number of rotatable bonds is 1. The van der Waals surface area contributed by atoms with Crippen LogP contribution in [0.2, 0.25) is 5.02 Å². The van der Waals surface area contributed by atoms with Crippen molar-refractivity contribution in [3.05, 3.63) is 35.5 Å². The third-order valence-electron chi connectivity index (χ3n) is 4.19. The molecule has 0 spiro atoms. The Morgan fingerprint density at radius 3 is 2.71 bits per heavy atom. The molecule has 0 saturated carbocycles. The second kappa shape index (κ2) is 4.95. The third-order valence-corrected chi connectivity index (χ3v) is 4.40. The molecule has 1 amide bonds. The van der Waals surface area contributed by atoms with Gasteiger partial charge in [-0.15, -0.1) is 0 Å². The maximum atomic E-state index is 11.8. The molecule has 21 heavy (non-hydrogen) atoms. The Labute approximate surface area is 129 Å². The van der Waals surface area contributed by atoms with Crippen molar-refractivity contribution in [2.24, 2.45) is 0 Å². The number of pyridine rings is 1. The van der Waals surface area contributed by atoms with Crippen molar-refractivity contribution >= 4 is 28.8 Å². The number of anilines is 1. The summed E-state index contributed by atoms with van der Waals surface area (Å²) in [4.78, 5) is 16.0. The number of fused-ring (bicyclic) bond motifs is 1. The van der Waals surface area contributed by atoms with Crippen LogP contribution >= 0.6 is 11.6 Å². The van der Waals surface area contributed by atoms with E-state index in [1.807, 2.05) is 35.4 Å². The van der Waals surface area contributed by atoms with Gasteiger partial charge in [0.05, 0.1) is 5.54 Å². The van der Waals surface area contributed by atoms with Crippen LogP contribution in [0.5, 0.6) is 0 Å². The maximum absolute atomic E-state index is 11.8. The predicted octanol–water partition coefficient (Wildman–Crippen LogP) is 3.04. The van der Waals surface area contributed by atoms with Crippen LogP contribution in [0.4, 0.5) is 5.82 Å². The molecule has 3 heterocycles. The third kappa shape index (κ3) is 2.48. The van der Waals surface area contributed by atoms with E-state index in [-0.39, 0.29) is 11.4 Å². The summed E-state index contributed by atoms with van der Waals surface area (Å²) in [5.74, 6) is 1.22. The number of halogens is 1. The highest BCUT2D eigenvalue weighted by molar-refractivity contribution is 6.31. The van der Waals surface area contributed by atoms with Gasteiger partial charge in [-0.25, -0.2) is 0 Å². The van der Waals surface area contributed by atoms with E-state index >= 15 is 0 Å². The van der Waals surface area contributed by atoms with Crippen molar-refractivity contribution in [2.75, 3.05) is 24.5 Å². The number of carbonyl (C=O) groups is 1. The normalized spacial score (nSPS) is 18.3. The Morgan fingerprint density at radius 2 is 2.05 bits per heavy atom. The monoisotopic (exact) mass is 305 g/mol. The van der Waals surface area contributed by atoms with Crippen LogP contribution in [-0.4, -0.2) is 40.4 Å². The summed E-state index contributed by atoms with van der Waals surface area (Å²) in [6, 6.07) is 8.02. The fraction of sp³-hybridized carbons (Fsp3) is 0.438. The highest BCUT2D eigenvalue weighted by Gasteiger charge is 2.35. The number of amides is 1. The molecule has 1 aliphatic rings. The molecule has 0 radical (unpaired) electrons. The maximum Gasteiger partial charge on any atom is 0.220 e. The summed E-state index contributed by atoms with van der Waals surface area (Å²) in [6.07, 6.45) is 2.05. The molecule has 1 saturated heterocycles. The van der Waals surface area contributed by atoms with Gasteiger partial charge in [-0.05, 0) is 38.1 Å². The summed E-state index contributed by atoms with van der Waals surface area (Å²) < 4.78 is 2.14. The average molecular weight is 306 g/mol. The van der Waals surface area contributed by atoms with Crippen molar-refractivity contribution < 1.29 is 4.79 Å². The van der Waals surface area contributed by atoms with E-state index in [9.17, 15) is 4.79 Å². The molecule has 112 valence electrons. The molecule has 2 aromatic rings. The Hall–Kier alpha value is -1.68. The average Bonchev–Trinajstić information content (AvgIpc) is 2.83. The van der Waals surface area contributed by atoms with Gasteiger partial charge in [-0.2, -0.15) is 0 Å². The van der Waals surface area contributed by atoms with Crippen molar-refractivity contribution in [2.45, 2.75) is 26.3 Å². The van der Waals surface area contributed by atoms with Crippen LogP contribution in [0, 0.1) is 0 Å². The number of carbonyl (C=O) groups excluding carboxylic acids is 1. The highest BCUT2D eigenvalue weighted by Crippen LogP contribution is 2.29. The van der Waals surface area contributed by atoms with Gasteiger partial charge in [-0.3, -0.25) is 4.79 Å². The topological polar surface area (TPSA) is 28.0 Å². The lowest BCUT2D eigenvalue weighted by Gasteiger charge is -2.47. The molecule has 0 unspecified atom stereocenters. The fourth-order valence-corrected chi connectivity index (χ4v) is 3.48. The number of piperazine rings is 1. The zero-order valence-electron chi connectivity index (χ0n) is 12.6. The van der Waals surface area contributed by atoms with Gasteiger partial charge >= 0.3 is 0 Å². The Kier molecular flexibility index (Phi) is 3.36. The Bertz CT molecular complexity index is 692. The molecule has 1 fully saturated rings. The number of nitrogens with zero attached hydrogens (tertiary/aromatic N) is 3. The first kappa shape index (κ1) is 14.3. The smallest absolute Gasteiger partial charge is 0.220 e. The van der Waals surface area contributed by atoms with E-state index in [2.05, 4.69) is 23.1 Å². The molecule has 2 aromatic heterocycles. The molecule has 0 atom stereocenters. The Morgan fingerprint density at radius 1 is 1.29 bits per heavy atom. The van der Waals surface area contributed by atoms with E-state index in [0.29, 0.717) is 0 Å². The standard InChI is InChI=1S/C16H20ClN3O/c1-12(21)20-8-7-18(11-16(20,2)3)15-10-13(17)9-14-5-4-6-19(14)15/h4-6,9-10H,7-8,11H2,1-3H3. The van der Waals surface area contributed by atoms with E-state index < -0.39 is 0 Å². The molecule has 3 rings (SSSR count). The van der Waals surface area contributed by atoms with Gasteiger partial charge in [-0.1, -0.05) is 11.6 Å². The van der Waals surface area contributed by atoms with Gasteiger partial charge in [0, 0.05) is 43.3 Å². The zero-order chi connectivity index (χ0) is 15.2. The van der Waals surface area contributed by atoms with Crippen molar-refractivity contribution in [1.82, 2.24) is 9.30 Å². The van der Waals surface area contributed by atoms with E-state index in [0.717, 1.165) is 36.0 Å². The van der Waals surface area contributed by atoms with E-state index in [1.54, 1.807) is 6.92 Å². The second-order valence-corrected chi connectivity index (χ2v) is 6.68. The van der Waals surface area contributed by atoms with Gasteiger partial charge in [0.25, 0.3) is 0 Å². The SMILES string of the molecule is CC(=O)N1CCN(c2cc(Cl)cc3cccn23)CC1(C)C. The lowest BCUT2D eigenvalue weighted by atomic mass is 9.98. The summed E-state index contributed by atoms with van der Waals surface area (Å²) in [5, 5.41) is 0.739. The Balaban J connectivity index is 1.97. The first-order valence-electron chi connectivity index (χ1n) is 7.18. The molecule has 0 aliphatic carbocycles. The molecular weight excluding hydrogens is 286 g/mol. The molecule has 4 nitrogen and oxygen atoms in total. The number of hydrogen-bond donors (Lipinski definition) is 0. The predicted molar refractivity (Wildman–Crippen MR) is 86.1 cm³/mol. The number of hydrogen-bond acceptors (Lipinski definition) is 2. The van der Waals surface area contributed by atoms with Crippen molar-refractivity contribution in [1.29, 1.82) is 0 Å². The molecule has 0 aromatic carbocycles. The van der Waals surface area contributed by atoms with Crippen LogP contribution in [-0.2, 0) is 4.79 Å². The molecule has 1 aliphatic heterocycles. The van der Waals surface area contributed by atoms with Crippen LogP contribution in [0.3, 0.4) is 0 Å². The summed E-state index contributed by atoms with van der Waals surface area (Å²) in [5.41, 5.74) is 0.899. The largest absolute Gasteiger partial charge is 0.354 e. The minimum absolute atomic E-state index is 0.136. The van der Waals surface area contributed by atoms with E-state index in [4.69, 9.17) is 11.6 Å². The van der Waals surface area contributed by atoms with E-state index in [1.165, 1.54) is 0 Å². The number of aromatic nitrogens is 1. The lowest BCUT2D eigenvalue weighted by molar-refractivity contribution is -0.134. The van der Waals surface area contributed by atoms with Crippen LogP contribution < -0.4 is 4.90 Å². The molecular formula is C16H20ClN3O. The lowest BCUT2D eigenvalue weighted by Crippen LogP contribution is -2.61. The van der Waals surface area contributed by atoms with Crippen LogP contribution in [0.25, 0.3) is 5.52 Å². The highest BCUT2D eigenvalue weighted by atomic mass is 35.5. The van der Waals surface area contributed by atoms with Gasteiger partial charge in [0.15, 0.2) is 0 Å². The summed E-state index contributed by atoms with van der Waals surface area (Å²) in [6.45, 7) is 8.20. The minimum atomic E-state index is -0.189. The first-order chi connectivity index (χ1) is 9.88. The molecule has 5 heteroatoms. The van der Waals surface area contributed by atoms with Gasteiger partial charge < -0.3 is 14.2 Å². The van der Waals surface area contributed by atoms with Crippen molar-refractivity contribution in [3.8, 4) is 0 Å². The molecule has 0 N–H and O–H groups in total. The zero-order valence-corrected chi connectivity index (χ0v) is 13.4. The van der Waals surface area contributed by atoms with Gasteiger partial charge in [0.2, 0.25) is 5.91 Å². The fourth-order valence-electron chi connectivity index (χ4n) is 3.27. The summed E-state index contributed by atoms with van der Waals surface area (Å²) in [7, 11) is 0. The quantitative estimate of drug-likeness (QED) is 0.810. The second-order valence-electron chi connectivity index (χ2n) is 6.24. The van der Waals surface area contributed by atoms with Crippen LogP contribution in [0.1, 0.15) is 20.8 Å². The minimum Gasteiger partial charge on any atom is -0.354 e. The van der Waals surface area contributed by atoms with Gasteiger partial charge in [0.1, 0.15) is 5.82 Å². The first-order valence-corrected chi connectivity index (χ1v) is 7.56. The van der Waals surface area contributed by atoms with Crippen LogP contribution in [0.15, 0.2) is 30.5 Å².